The molecule has 0 radical (unpaired) electrons. The Morgan fingerprint density at radius 3 is 2.72 bits per heavy atom. The molecule has 18 heavy (non-hydrogen) atoms. The molecule has 2 rings (SSSR count). The lowest BCUT2D eigenvalue weighted by Gasteiger charge is -2.15. The molecule has 1 atom stereocenters. The topological polar surface area (TPSA) is 24.9 Å². The Balaban J connectivity index is 2.03. The molecule has 2 nitrogen and oxygen atoms in total. The molecule has 1 heterocycles. The predicted octanol–water partition coefficient (Wildman–Crippen LogP) is 3.38. The van der Waals surface area contributed by atoms with Crippen LogP contribution in [0.2, 0.25) is 0 Å². The van der Waals surface area contributed by atoms with Crippen LogP contribution in [0, 0.1) is 12.7 Å². The van der Waals surface area contributed by atoms with E-state index in [-0.39, 0.29) is 11.9 Å². The van der Waals surface area contributed by atoms with Gasteiger partial charge >= 0.3 is 0 Å². The van der Waals surface area contributed by atoms with Gasteiger partial charge in [-0.2, -0.15) is 0 Å². The zero-order valence-electron chi connectivity index (χ0n) is 10.7. The van der Waals surface area contributed by atoms with Crippen molar-refractivity contribution in [1.82, 2.24) is 10.3 Å². The van der Waals surface area contributed by atoms with E-state index in [0.29, 0.717) is 12.1 Å². The molecule has 0 aliphatic carbocycles. The summed E-state index contributed by atoms with van der Waals surface area (Å²) in [6.07, 6.45) is 1.78. The first-order valence-corrected chi connectivity index (χ1v) is 6.07. The number of pyridine rings is 1. The standard InChI is InChI=1S/C15H17FN2/c1-11-6-5-9-17-15(11)10-18-12(2)13-7-3-4-8-14(13)16/h3-9,12,18H,10H2,1-2H3. The SMILES string of the molecule is Cc1cccnc1CNC(C)c1ccccc1F. The Bertz CT molecular complexity index is 525. The number of nitrogens with one attached hydrogen (secondary N) is 1. The number of nitrogens with zero attached hydrogens (tertiary/aromatic N) is 1. The molecule has 0 saturated carbocycles. The van der Waals surface area contributed by atoms with Crippen molar-refractivity contribution in [1.29, 1.82) is 0 Å². The Morgan fingerprint density at radius 1 is 1.22 bits per heavy atom. The third-order valence-corrected chi connectivity index (χ3v) is 3.07. The molecule has 0 spiro atoms. The van der Waals surface area contributed by atoms with E-state index in [0.717, 1.165) is 11.3 Å². The molecule has 1 unspecified atom stereocenters. The molecule has 1 aromatic carbocycles. The number of aryl methyl sites for hydroxylation is 1. The zero-order chi connectivity index (χ0) is 13.0. The molecule has 0 bridgehead atoms. The summed E-state index contributed by atoms with van der Waals surface area (Å²) in [5, 5.41) is 3.29. The van der Waals surface area contributed by atoms with Gasteiger partial charge in [0.25, 0.3) is 0 Å². The van der Waals surface area contributed by atoms with Crippen LogP contribution in [-0.4, -0.2) is 4.98 Å². The summed E-state index contributed by atoms with van der Waals surface area (Å²) in [6, 6.07) is 10.7. The highest BCUT2D eigenvalue weighted by molar-refractivity contribution is 5.21. The summed E-state index contributed by atoms with van der Waals surface area (Å²) in [5.41, 5.74) is 2.83. The third kappa shape index (κ3) is 2.93. The molecule has 94 valence electrons. The Hall–Kier alpha value is -1.74. The molecule has 0 aliphatic heterocycles. The molecule has 0 aliphatic rings. The van der Waals surface area contributed by atoms with Crippen molar-refractivity contribution < 1.29 is 4.39 Å². The van der Waals surface area contributed by atoms with Crippen molar-refractivity contribution in [2.45, 2.75) is 26.4 Å². The van der Waals surface area contributed by atoms with E-state index in [1.807, 2.05) is 32.0 Å². The minimum Gasteiger partial charge on any atom is -0.304 e. The van der Waals surface area contributed by atoms with Crippen LogP contribution < -0.4 is 5.32 Å². The molecular weight excluding hydrogens is 227 g/mol. The predicted molar refractivity (Wildman–Crippen MR) is 70.6 cm³/mol. The fourth-order valence-electron chi connectivity index (χ4n) is 1.89. The molecule has 3 heteroatoms. The molecule has 0 saturated heterocycles. The molecule has 0 amide bonds. The van der Waals surface area contributed by atoms with E-state index in [1.165, 1.54) is 6.07 Å². The number of rotatable bonds is 4. The zero-order valence-corrected chi connectivity index (χ0v) is 10.7. The average molecular weight is 244 g/mol. The van der Waals surface area contributed by atoms with E-state index >= 15 is 0 Å². The van der Waals surface area contributed by atoms with Crippen molar-refractivity contribution >= 4 is 0 Å². The second-order valence-corrected chi connectivity index (χ2v) is 4.39. The lowest BCUT2D eigenvalue weighted by atomic mass is 10.1. The summed E-state index contributed by atoms with van der Waals surface area (Å²) < 4.78 is 13.6. The smallest absolute Gasteiger partial charge is 0.127 e. The second-order valence-electron chi connectivity index (χ2n) is 4.39. The van der Waals surface area contributed by atoms with Crippen molar-refractivity contribution in [3.05, 3.63) is 65.2 Å². The van der Waals surface area contributed by atoms with Crippen LogP contribution in [0.15, 0.2) is 42.6 Å². The van der Waals surface area contributed by atoms with Gasteiger partial charge in [-0.1, -0.05) is 24.3 Å². The fourth-order valence-corrected chi connectivity index (χ4v) is 1.89. The van der Waals surface area contributed by atoms with Gasteiger partial charge in [0.05, 0.1) is 5.69 Å². The highest BCUT2D eigenvalue weighted by Gasteiger charge is 2.10. The number of hydrogen-bond acceptors (Lipinski definition) is 2. The maximum absolute atomic E-state index is 13.6. The summed E-state index contributed by atoms with van der Waals surface area (Å²) >= 11 is 0. The van der Waals surface area contributed by atoms with E-state index in [1.54, 1.807) is 18.3 Å². The monoisotopic (exact) mass is 244 g/mol. The van der Waals surface area contributed by atoms with E-state index in [4.69, 9.17) is 0 Å². The first-order chi connectivity index (χ1) is 8.68. The number of hydrogen-bond donors (Lipinski definition) is 1. The van der Waals surface area contributed by atoms with Crippen molar-refractivity contribution in [2.24, 2.45) is 0 Å². The van der Waals surface area contributed by atoms with Crippen LogP contribution in [0.1, 0.15) is 29.8 Å². The number of benzene rings is 1. The van der Waals surface area contributed by atoms with Crippen LogP contribution in [-0.2, 0) is 6.54 Å². The largest absolute Gasteiger partial charge is 0.304 e. The van der Waals surface area contributed by atoms with Gasteiger partial charge in [0, 0.05) is 24.3 Å². The van der Waals surface area contributed by atoms with Crippen LogP contribution in [0.3, 0.4) is 0 Å². The highest BCUT2D eigenvalue weighted by Crippen LogP contribution is 2.16. The van der Waals surface area contributed by atoms with E-state index in [2.05, 4.69) is 10.3 Å². The maximum Gasteiger partial charge on any atom is 0.127 e. The summed E-state index contributed by atoms with van der Waals surface area (Å²) in [5.74, 6) is -0.171. The van der Waals surface area contributed by atoms with Gasteiger partial charge in [-0.15, -0.1) is 0 Å². The summed E-state index contributed by atoms with van der Waals surface area (Å²) in [7, 11) is 0. The van der Waals surface area contributed by atoms with Crippen molar-refractivity contribution in [2.75, 3.05) is 0 Å². The van der Waals surface area contributed by atoms with Crippen LogP contribution >= 0.6 is 0 Å². The highest BCUT2D eigenvalue weighted by atomic mass is 19.1. The van der Waals surface area contributed by atoms with E-state index < -0.39 is 0 Å². The first-order valence-electron chi connectivity index (χ1n) is 6.07. The first kappa shape index (κ1) is 12.7. The Kier molecular flexibility index (Phi) is 4.05. The van der Waals surface area contributed by atoms with Gasteiger partial charge in [-0.3, -0.25) is 4.98 Å². The number of aromatic nitrogens is 1. The lowest BCUT2D eigenvalue weighted by Crippen LogP contribution is -2.20. The van der Waals surface area contributed by atoms with Crippen molar-refractivity contribution in [3.63, 3.8) is 0 Å². The average Bonchev–Trinajstić information content (AvgIpc) is 2.38. The summed E-state index contributed by atoms with van der Waals surface area (Å²) in [6.45, 7) is 4.62. The molecule has 2 aromatic rings. The normalized spacial score (nSPS) is 12.4. The number of halogens is 1. The minimum absolute atomic E-state index is 0.0346. The molecule has 0 fully saturated rings. The van der Waals surface area contributed by atoms with Gasteiger partial charge in [-0.25, -0.2) is 4.39 Å². The summed E-state index contributed by atoms with van der Waals surface area (Å²) in [4.78, 5) is 4.31. The quantitative estimate of drug-likeness (QED) is 0.891. The van der Waals surface area contributed by atoms with Gasteiger partial charge in [0.1, 0.15) is 5.82 Å². The minimum atomic E-state index is -0.171. The van der Waals surface area contributed by atoms with Gasteiger partial charge in [0.2, 0.25) is 0 Å². The van der Waals surface area contributed by atoms with Crippen molar-refractivity contribution in [3.8, 4) is 0 Å². The molecule has 1 aromatic heterocycles. The Labute approximate surface area is 107 Å². The van der Waals surface area contributed by atoms with Gasteiger partial charge in [-0.05, 0) is 31.5 Å². The third-order valence-electron chi connectivity index (χ3n) is 3.07. The van der Waals surface area contributed by atoms with Crippen LogP contribution in [0.5, 0.6) is 0 Å². The Morgan fingerprint density at radius 2 is 2.00 bits per heavy atom. The van der Waals surface area contributed by atoms with Gasteiger partial charge in [0.15, 0.2) is 0 Å². The van der Waals surface area contributed by atoms with Crippen LogP contribution in [0.25, 0.3) is 0 Å². The fraction of sp³-hybridized carbons (Fsp3) is 0.267. The maximum atomic E-state index is 13.6. The van der Waals surface area contributed by atoms with Crippen LogP contribution in [0.4, 0.5) is 4.39 Å². The van der Waals surface area contributed by atoms with Gasteiger partial charge < -0.3 is 5.32 Å². The van der Waals surface area contributed by atoms with E-state index in [9.17, 15) is 4.39 Å². The molecule has 1 N–H and O–H groups in total. The second kappa shape index (κ2) is 5.74. The molecular formula is C15H17FN2. The lowest BCUT2D eigenvalue weighted by molar-refractivity contribution is 0.524.